The number of morpholine rings is 1. The highest BCUT2D eigenvalue weighted by atomic mass is 79.9. The van der Waals surface area contributed by atoms with E-state index < -0.39 is 5.60 Å². The number of anilines is 2. The second-order valence-electron chi connectivity index (χ2n) is 10.6. The second kappa shape index (κ2) is 10.2. The molecular formula is C27H30BrN5O5S. The first-order valence-electron chi connectivity index (χ1n) is 13.1. The number of hydrogen-bond donors (Lipinski definition) is 3. The maximum absolute atomic E-state index is 13.5. The lowest BCUT2D eigenvalue weighted by Gasteiger charge is -2.40. The molecule has 3 aromatic rings. The first kappa shape index (κ1) is 26.3. The molecule has 2 fully saturated rings. The van der Waals surface area contributed by atoms with Crippen molar-refractivity contribution in [1.82, 2.24) is 15.2 Å². The van der Waals surface area contributed by atoms with E-state index in [0.29, 0.717) is 64.9 Å². The summed E-state index contributed by atoms with van der Waals surface area (Å²) < 4.78 is 12.5. The van der Waals surface area contributed by atoms with Crippen LogP contribution in [-0.4, -0.2) is 78.6 Å². The van der Waals surface area contributed by atoms with Crippen LogP contribution in [0, 0.1) is 0 Å². The van der Waals surface area contributed by atoms with E-state index in [2.05, 4.69) is 36.4 Å². The minimum atomic E-state index is -1.07. The van der Waals surface area contributed by atoms with Crippen LogP contribution in [0.4, 0.5) is 11.5 Å². The fourth-order valence-electron chi connectivity index (χ4n) is 4.97. The van der Waals surface area contributed by atoms with E-state index in [0.717, 1.165) is 29.7 Å². The van der Waals surface area contributed by atoms with Crippen LogP contribution in [0.15, 0.2) is 28.1 Å². The Bertz CT molecular complexity index is 1460. The summed E-state index contributed by atoms with van der Waals surface area (Å²) in [4.78, 5) is 47.7. The van der Waals surface area contributed by atoms with Crippen LogP contribution >= 0.6 is 27.3 Å². The number of rotatable bonds is 7. The standard InChI is InChI=1S/C27H30BrN5O5S/c1-27(2)26(36)33(8-7-32-9-11-37-12-10-32)18-14-17-16(13-19(18)38-27)22(25(35)29-15-3-4-15)23(30-17)31-24(34)20-5-6-21(28)39-20/h5-6,13-15,30H,3-4,7-12H2,1-2H3,(H,29,35)(H,31,34). The highest BCUT2D eigenvalue weighted by Crippen LogP contribution is 2.42. The number of halogens is 1. The van der Waals surface area contributed by atoms with Gasteiger partial charge >= 0.3 is 0 Å². The van der Waals surface area contributed by atoms with Crippen LogP contribution in [0.5, 0.6) is 5.75 Å². The number of hydrogen-bond acceptors (Lipinski definition) is 7. The zero-order valence-corrected chi connectivity index (χ0v) is 24.2. The summed E-state index contributed by atoms with van der Waals surface area (Å²) >= 11 is 4.70. The SMILES string of the molecule is CC1(C)Oc2cc3c(C(=O)NC4CC4)c(NC(=O)c4ccc(Br)s4)[nH]c3cc2N(CCN2CCOCC2)C1=O. The topological polar surface area (TPSA) is 116 Å². The number of nitrogens with one attached hydrogen (secondary N) is 3. The number of nitrogens with zero attached hydrogens (tertiary/aromatic N) is 2. The quantitative estimate of drug-likeness (QED) is 0.370. The minimum absolute atomic E-state index is 0.127. The van der Waals surface area contributed by atoms with E-state index in [9.17, 15) is 14.4 Å². The Kier molecular flexibility index (Phi) is 6.90. The Labute approximate surface area is 238 Å². The zero-order valence-electron chi connectivity index (χ0n) is 21.8. The summed E-state index contributed by atoms with van der Waals surface area (Å²) in [5.41, 5.74) is 0.546. The molecule has 10 nitrogen and oxygen atoms in total. The van der Waals surface area contributed by atoms with E-state index in [1.165, 1.54) is 11.3 Å². The van der Waals surface area contributed by atoms with Gasteiger partial charge in [0.15, 0.2) is 5.60 Å². The number of amides is 3. The molecular weight excluding hydrogens is 586 g/mol. The molecule has 0 bridgehead atoms. The predicted molar refractivity (Wildman–Crippen MR) is 153 cm³/mol. The zero-order chi connectivity index (χ0) is 27.3. The third-order valence-corrected chi connectivity index (χ3v) is 8.84. The molecule has 6 rings (SSSR count). The molecule has 1 saturated carbocycles. The molecule has 206 valence electrons. The Hall–Kier alpha value is -2.93. The Balaban J connectivity index is 1.38. The molecule has 3 aliphatic rings. The Morgan fingerprint density at radius 3 is 2.62 bits per heavy atom. The molecule has 3 amide bonds. The monoisotopic (exact) mass is 615 g/mol. The van der Waals surface area contributed by atoms with Gasteiger partial charge in [-0.3, -0.25) is 19.3 Å². The minimum Gasteiger partial charge on any atom is -0.476 e. The van der Waals surface area contributed by atoms with Crippen molar-refractivity contribution in [3.8, 4) is 5.75 Å². The molecule has 0 atom stereocenters. The molecule has 0 unspecified atom stereocenters. The lowest BCUT2D eigenvalue weighted by Crippen LogP contribution is -2.54. The molecule has 2 aliphatic heterocycles. The molecule has 39 heavy (non-hydrogen) atoms. The van der Waals surface area contributed by atoms with E-state index in [4.69, 9.17) is 9.47 Å². The van der Waals surface area contributed by atoms with Crippen LogP contribution in [0.3, 0.4) is 0 Å². The number of aromatic amines is 1. The van der Waals surface area contributed by atoms with Crippen molar-refractivity contribution in [1.29, 1.82) is 0 Å². The molecule has 4 heterocycles. The lowest BCUT2D eigenvalue weighted by atomic mass is 10.0. The number of fused-ring (bicyclic) bond motifs is 2. The first-order valence-corrected chi connectivity index (χ1v) is 14.7. The van der Waals surface area contributed by atoms with Gasteiger partial charge in [-0.1, -0.05) is 0 Å². The van der Waals surface area contributed by atoms with Crippen LogP contribution in [0.25, 0.3) is 10.9 Å². The van der Waals surface area contributed by atoms with Gasteiger partial charge in [-0.15, -0.1) is 11.3 Å². The number of aromatic nitrogens is 1. The van der Waals surface area contributed by atoms with E-state index in [1.54, 1.807) is 36.9 Å². The third kappa shape index (κ3) is 5.30. The number of ether oxygens (including phenoxy) is 2. The third-order valence-electron chi connectivity index (χ3n) is 7.21. The molecule has 1 aliphatic carbocycles. The fraction of sp³-hybridized carbons (Fsp3) is 0.444. The summed E-state index contributed by atoms with van der Waals surface area (Å²) in [5.74, 6) is 0.126. The Morgan fingerprint density at radius 1 is 1.15 bits per heavy atom. The van der Waals surface area contributed by atoms with Gasteiger partial charge in [0, 0.05) is 37.6 Å². The highest BCUT2D eigenvalue weighted by Gasteiger charge is 2.41. The van der Waals surface area contributed by atoms with Gasteiger partial charge in [-0.2, -0.15) is 0 Å². The van der Waals surface area contributed by atoms with Crippen molar-refractivity contribution >= 4 is 67.4 Å². The number of thiophene rings is 1. The summed E-state index contributed by atoms with van der Waals surface area (Å²) in [6, 6.07) is 7.31. The number of H-pyrrole nitrogens is 1. The lowest BCUT2D eigenvalue weighted by molar-refractivity contribution is -0.132. The number of carbonyl (C=O) groups is 3. The van der Waals surface area contributed by atoms with Crippen molar-refractivity contribution in [3.05, 3.63) is 38.5 Å². The number of carbonyl (C=O) groups excluding carboxylic acids is 3. The average molecular weight is 617 g/mol. The van der Waals surface area contributed by atoms with Crippen molar-refractivity contribution < 1.29 is 23.9 Å². The van der Waals surface area contributed by atoms with Crippen LogP contribution in [0.1, 0.15) is 46.7 Å². The molecule has 0 radical (unpaired) electrons. The van der Waals surface area contributed by atoms with Gasteiger partial charge in [0.25, 0.3) is 17.7 Å². The van der Waals surface area contributed by atoms with Gasteiger partial charge in [-0.05, 0) is 66.9 Å². The summed E-state index contributed by atoms with van der Waals surface area (Å²) in [7, 11) is 0. The van der Waals surface area contributed by atoms with Crippen molar-refractivity contribution in [2.75, 3.05) is 49.6 Å². The highest BCUT2D eigenvalue weighted by molar-refractivity contribution is 9.11. The maximum Gasteiger partial charge on any atom is 0.270 e. The maximum atomic E-state index is 13.5. The first-order chi connectivity index (χ1) is 18.7. The number of benzene rings is 1. The summed E-state index contributed by atoms with van der Waals surface area (Å²) in [6.45, 7) is 7.74. The van der Waals surface area contributed by atoms with E-state index in [1.807, 2.05) is 6.07 Å². The largest absolute Gasteiger partial charge is 0.476 e. The van der Waals surface area contributed by atoms with E-state index in [-0.39, 0.29) is 23.8 Å². The molecule has 12 heteroatoms. The van der Waals surface area contributed by atoms with E-state index >= 15 is 0 Å². The van der Waals surface area contributed by atoms with Gasteiger partial charge in [0.2, 0.25) is 0 Å². The van der Waals surface area contributed by atoms with Crippen molar-refractivity contribution in [2.24, 2.45) is 0 Å². The summed E-state index contributed by atoms with van der Waals surface area (Å²) in [6.07, 6.45) is 1.87. The summed E-state index contributed by atoms with van der Waals surface area (Å²) in [5, 5.41) is 6.55. The van der Waals surface area contributed by atoms with Gasteiger partial charge in [0.1, 0.15) is 11.6 Å². The normalized spacial score (nSPS) is 19.1. The van der Waals surface area contributed by atoms with Gasteiger partial charge in [0.05, 0.1) is 38.6 Å². The molecule has 0 spiro atoms. The molecule has 1 aromatic carbocycles. The van der Waals surface area contributed by atoms with Crippen LogP contribution < -0.4 is 20.3 Å². The Morgan fingerprint density at radius 2 is 1.92 bits per heavy atom. The smallest absolute Gasteiger partial charge is 0.270 e. The van der Waals surface area contributed by atoms with Gasteiger partial charge < -0.3 is 30.0 Å². The fourth-order valence-corrected chi connectivity index (χ4v) is 6.25. The molecule has 1 saturated heterocycles. The molecule has 2 aromatic heterocycles. The second-order valence-corrected chi connectivity index (χ2v) is 13.0. The predicted octanol–water partition coefficient (Wildman–Crippen LogP) is 3.97. The van der Waals surface area contributed by atoms with Crippen molar-refractivity contribution in [2.45, 2.75) is 38.3 Å². The molecule has 3 N–H and O–H groups in total. The van der Waals surface area contributed by atoms with Crippen LogP contribution in [-0.2, 0) is 9.53 Å². The van der Waals surface area contributed by atoms with Crippen molar-refractivity contribution in [3.63, 3.8) is 0 Å². The van der Waals surface area contributed by atoms with Gasteiger partial charge in [-0.25, -0.2) is 0 Å². The average Bonchev–Trinajstić information content (AvgIpc) is 3.49. The van der Waals surface area contributed by atoms with Crippen LogP contribution in [0.2, 0.25) is 0 Å².